The molecule has 4 nitrogen and oxygen atoms in total. The average Bonchev–Trinajstić information content (AvgIpc) is 2.68. The predicted molar refractivity (Wildman–Crippen MR) is 129 cm³/mol. The van der Waals surface area contributed by atoms with Crippen molar-refractivity contribution in [2.45, 2.75) is 73.1 Å². The molecule has 30 heavy (non-hydrogen) atoms. The van der Waals surface area contributed by atoms with Gasteiger partial charge in [0.15, 0.2) is 0 Å². The summed E-state index contributed by atoms with van der Waals surface area (Å²) < 4.78 is 5.34. The first-order chi connectivity index (χ1) is 14.4. The number of morpholine rings is 1. The van der Waals surface area contributed by atoms with E-state index in [4.69, 9.17) is 4.74 Å². The summed E-state index contributed by atoms with van der Waals surface area (Å²) in [5.41, 5.74) is 5.46. The number of hydrogen-bond donors (Lipinski definition) is 1. The fourth-order valence-electron chi connectivity index (χ4n) is 3.39. The summed E-state index contributed by atoms with van der Waals surface area (Å²) in [6.45, 7) is 15.9. The van der Waals surface area contributed by atoms with Crippen LogP contribution in [0.2, 0.25) is 0 Å². The van der Waals surface area contributed by atoms with E-state index in [-0.39, 0.29) is 5.91 Å². The first-order valence-electron chi connectivity index (χ1n) is 11.6. The summed E-state index contributed by atoms with van der Waals surface area (Å²) in [5.74, 6) is 0.0233. The predicted octanol–water partition coefficient (Wildman–Crippen LogP) is 5.58. The van der Waals surface area contributed by atoms with Crippen molar-refractivity contribution < 1.29 is 9.53 Å². The molecule has 1 saturated heterocycles. The Kier molecular flexibility index (Phi) is 14.2. The number of hydrogen-bond acceptors (Lipinski definition) is 3. The molecule has 1 aliphatic heterocycles. The van der Waals surface area contributed by atoms with Crippen LogP contribution in [0.15, 0.2) is 46.6 Å². The molecule has 170 valence electrons. The van der Waals surface area contributed by atoms with Gasteiger partial charge in [-0.25, -0.2) is 0 Å². The van der Waals surface area contributed by atoms with E-state index in [2.05, 4.69) is 56.1 Å². The molecule has 0 bridgehead atoms. The van der Waals surface area contributed by atoms with Gasteiger partial charge in [0.1, 0.15) is 0 Å². The molecule has 0 radical (unpaired) electrons. The Hall–Kier alpha value is -1.65. The Morgan fingerprint density at radius 2 is 1.37 bits per heavy atom. The van der Waals surface area contributed by atoms with Gasteiger partial charge in [0.25, 0.3) is 0 Å². The van der Waals surface area contributed by atoms with Crippen molar-refractivity contribution in [3.8, 4) is 0 Å². The fourth-order valence-corrected chi connectivity index (χ4v) is 3.39. The lowest BCUT2D eigenvalue weighted by molar-refractivity contribution is -0.116. The fraction of sp³-hybridized carbons (Fsp3) is 0.654. The zero-order valence-corrected chi connectivity index (χ0v) is 20.1. The molecule has 0 spiro atoms. The van der Waals surface area contributed by atoms with Crippen molar-refractivity contribution in [2.24, 2.45) is 0 Å². The molecule has 1 N–H and O–H groups in total. The van der Waals surface area contributed by atoms with Crippen LogP contribution in [0.5, 0.6) is 0 Å². The van der Waals surface area contributed by atoms with E-state index in [0.29, 0.717) is 6.54 Å². The van der Waals surface area contributed by atoms with Gasteiger partial charge in [-0.15, -0.1) is 0 Å². The van der Waals surface area contributed by atoms with E-state index in [0.717, 1.165) is 76.9 Å². The van der Waals surface area contributed by atoms with E-state index in [1.807, 2.05) is 6.92 Å². The first-order valence-corrected chi connectivity index (χ1v) is 11.6. The van der Waals surface area contributed by atoms with Crippen LogP contribution < -0.4 is 5.32 Å². The quantitative estimate of drug-likeness (QED) is 0.315. The van der Waals surface area contributed by atoms with Crippen LogP contribution in [-0.4, -0.2) is 50.2 Å². The van der Waals surface area contributed by atoms with Crippen molar-refractivity contribution in [2.75, 3.05) is 39.4 Å². The lowest BCUT2D eigenvalue weighted by Crippen LogP contribution is -2.41. The second-order valence-corrected chi connectivity index (χ2v) is 8.73. The van der Waals surface area contributed by atoms with Crippen LogP contribution in [0.4, 0.5) is 0 Å². The highest BCUT2D eigenvalue weighted by molar-refractivity contribution is 5.88. The van der Waals surface area contributed by atoms with Crippen LogP contribution >= 0.6 is 0 Å². The monoisotopic (exact) mass is 416 g/mol. The minimum atomic E-state index is 0.0233. The molecule has 1 amide bonds. The first kappa shape index (κ1) is 26.4. The molecular weight excluding hydrogens is 372 g/mol. The lowest BCUT2D eigenvalue weighted by atomic mass is 10.0. The molecule has 1 rings (SSSR count). The second kappa shape index (κ2) is 16.1. The second-order valence-electron chi connectivity index (χ2n) is 8.73. The molecule has 0 unspecified atom stereocenters. The number of carbonyl (C=O) groups excluding carboxylic acids is 1. The van der Waals surface area contributed by atoms with E-state index in [9.17, 15) is 4.79 Å². The molecule has 1 heterocycles. The molecule has 0 aliphatic carbocycles. The molecule has 1 fully saturated rings. The van der Waals surface area contributed by atoms with Crippen molar-refractivity contribution >= 4 is 5.91 Å². The summed E-state index contributed by atoms with van der Waals surface area (Å²) in [4.78, 5) is 14.4. The summed E-state index contributed by atoms with van der Waals surface area (Å²) in [6.07, 6.45) is 15.2. The van der Waals surface area contributed by atoms with Crippen molar-refractivity contribution in [1.82, 2.24) is 10.2 Å². The number of rotatable bonds is 13. The zero-order chi connectivity index (χ0) is 22.2. The smallest absolute Gasteiger partial charge is 0.243 e. The van der Waals surface area contributed by atoms with Gasteiger partial charge in [0.05, 0.1) is 13.2 Å². The topological polar surface area (TPSA) is 41.6 Å². The average molecular weight is 417 g/mol. The molecule has 0 aromatic rings. The minimum absolute atomic E-state index is 0.0233. The SMILES string of the molecule is CC(C)=CCCC(C)=CCCC(C)=CCCC(C)=CC(=O)NCCN1CCOCC1. The number of allylic oxidation sites excluding steroid dienone is 7. The number of ether oxygens (including phenoxy) is 1. The Bertz CT molecular complexity index is 619. The highest BCUT2D eigenvalue weighted by atomic mass is 16.5. The van der Waals surface area contributed by atoms with Gasteiger partial charge in [-0.3, -0.25) is 9.69 Å². The third-order valence-electron chi connectivity index (χ3n) is 5.36. The van der Waals surface area contributed by atoms with Gasteiger partial charge < -0.3 is 10.1 Å². The number of nitrogens with zero attached hydrogens (tertiary/aromatic N) is 1. The third-order valence-corrected chi connectivity index (χ3v) is 5.36. The standard InChI is InChI=1S/C26H44N2O2/c1-22(2)9-6-10-23(3)11-7-12-24(4)13-8-14-25(5)21-26(29)27-15-16-28-17-19-30-20-18-28/h9,11,13,21H,6-8,10,12,14-20H2,1-5H3,(H,27,29). The largest absolute Gasteiger partial charge is 0.379 e. The van der Waals surface area contributed by atoms with Crippen molar-refractivity contribution in [3.63, 3.8) is 0 Å². The maximum Gasteiger partial charge on any atom is 0.243 e. The van der Waals surface area contributed by atoms with Gasteiger partial charge in [0, 0.05) is 32.3 Å². The van der Waals surface area contributed by atoms with Gasteiger partial charge in [-0.05, 0) is 73.1 Å². The Morgan fingerprint density at radius 3 is 1.93 bits per heavy atom. The van der Waals surface area contributed by atoms with E-state index < -0.39 is 0 Å². The maximum atomic E-state index is 12.1. The molecule has 1 aliphatic rings. The maximum absolute atomic E-state index is 12.1. The number of amides is 1. The molecular formula is C26H44N2O2. The van der Waals surface area contributed by atoms with E-state index in [1.54, 1.807) is 6.08 Å². The zero-order valence-electron chi connectivity index (χ0n) is 20.1. The van der Waals surface area contributed by atoms with Crippen LogP contribution in [0.3, 0.4) is 0 Å². The molecule has 4 heteroatoms. The van der Waals surface area contributed by atoms with Gasteiger partial charge in [0.2, 0.25) is 5.91 Å². The normalized spacial score (nSPS) is 16.5. The highest BCUT2D eigenvalue weighted by Crippen LogP contribution is 2.13. The number of nitrogens with one attached hydrogen (secondary N) is 1. The van der Waals surface area contributed by atoms with Crippen LogP contribution in [0.25, 0.3) is 0 Å². The summed E-state index contributed by atoms with van der Waals surface area (Å²) in [5, 5.41) is 3.00. The lowest BCUT2D eigenvalue weighted by Gasteiger charge is -2.26. The summed E-state index contributed by atoms with van der Waals surface area (Å²) in [7, 11) is 0. The van der Waals surface area contributed by atoms with Crippen molar-refractivity contribution in [1.29, 1.82) is 0 Å². The molecule has 0 atom stereocenters. The van der Waals surface area contributed by atoms with Gasteiger partial charge in [-0.2, -0.15) is 0 Å². The van der Waals surface area contributed by atoms with E-state index in [1.165, 1.54) is 16.7 Å². The highest BCUT2D eigenvalue weighted by Gasteiger charge is 2.09. The molecule has 0 aromatic carbocycles. The van der Waals surface area contributed by atoms with Crippen LogP contribution in [0.1, 0.15) is 73.1 Å². The van der Waals surface area contributed by atoms with Crippen LogP contribution in [0, 0.1) is 0 Å². The summed E-state index contributed by atoms with van der Waals surface area (Å²) in [6, 6.07) is 0. The third kappa shape index (κ3) is 14.4. The van der Waals surface area contributed by atoms with Crippen LogP contribution in [-0.2, 0) is 9.53 Å². The minimum Gasteiger partial charge on any atom is -0.379 e. The summed E-state index contributed by atoms with van der Waals surface area (Å²) >= 11 is 0. The number of carbonyl (C=O) groups is 1. The Labute approximate surface area is 185 Å². The molecule has 0 aromatic heterocycles. The van der Waals surface area contributed by atoms with E-state index >= 15 is 0 Å². The molecule has 0 saturated carbocycles. The Morgan fingerprint density at radius 1 is 0.833 bits per heavy atom. The Balaban J connectivity index is 2.19. The van der Waals surface area contributed by atoms with Gasteiger partial charge in [-0.1, -0.05) is 40.5 Å². The van der Waals surface area contributed by atoms with Gasteiger partial charge >= 0.3 is 0 Å². The van der Waals surface area contributed by atoms with Crippen molar-refractivity contribution in [3.05, 3.63) is 46.6 Å².